The molecule has 1 aliphatic carbocycles. The molecule has 0 radical (unpaired) electrons. The number of aryl methyl sites for hydroxylation is 2. The van der Waals surface area contributed by atoms with Gasteiger partial charge in [-0.25, -0.2) is 9.97 Å². The summed E-state index contributed by atoms with van der Waals surface area (Å²) in [4.78, 5) is 22.0. The van der Waals surface area contributed by atoms with Crippen molar-refractivity contribution in [3.8, 4) is 6.07 Å². The summed E-state index contributed by atoms with van der Waals surface area (Å²) in [6, 6.07) is 12.0. The van der Waals surface area contributed by atoms with Crippen LogP contribution in [-0.4, -0.2) is 30.6 Å². The number of anilines is 1. The third-order valence-electron chi connectivity index (χ3n) is 6.35. The number of benzene rings is 1. The van der Waals surface area contributed by atoms with Crippen molar-refractivity contribution in [2.45, 2.75) is 64.7 Å². The van der Waals surface area contributed by atoms with Crippen LogP contribution in [0.3, 0.4) is 0 Å². The van der Waals surface area contributed by atoms with E-state index in [2.05, 4.69) is 38.5 Å². The molecule has 4 rings (SSSR count). The molecule has 1 amide bonds. The van der Waals surface area contributed by atoms with Crippen LogP contribution in [0.15, 0.2) is 36.7 Å². The smallest absolute Gasteiger partial charge is 0.274 e. The molecular weight excluding hydrogens is 426 g/mol. The first-order chi connectivity index (χ1) is 16.1. The maximum Gasteiger partial charge on any atom is 0.274 e. The van der Waals surface area contributed by atoms with E-state index in [-0.39, 0.29) is 5.91 Å². The Kier molecular flexibility index (Phi) is 6.22. The quantitative estimate of drug-likeness (QED) is 0.534. The SMILES string of the molecule is Cc1cc(C(=O)Nc2cccc([C@@](C)(Cc3nncn3C)CC(C)(C)C#N)c2)nc(C2CC2)n1. The maximum absolute atomic E-state index is 13.0. The normalized spacial score (nSPS) is 15.4. The van der Waals surface area contributed by atoms with Gasteiger partial charge in [0.2, 0.25) is 0 Å². The van der Waals surface area contributed by atoms with Crippen LogP contribution in [-0.2, 0) is 18.9 Å². The number of carbonyl (C=O) groups excluding carboxylic acids is 1. The molecule has 1 atom stereocenters. The van der Waals surface area contributed by atoms with E-state index in [1.807, 2.05) is 56.7 Å². The van der Waals surface area contributed by atoms with Gasteiger partial charge in [-0.3, -0.25) is 4.79 Å². The Labute approximate surface area is 200 Å². The van der Waals surface area contributed by atoms with Crippen molar-refractivity contribution in [1.82, 2.24) is 24.7 Å². The van der Waals surface area contributed by atoms with Crippen LogP contribution >= 0.6 is 0 Å². The lowest BCUT2D eigenvalue weighted by molar-refractivity contribution is 0.102. The monoisotopic (exact) mass is 457 g/mol. The van der Waals surface area contributed by atoms with Crippen molar-refractivity contribution in [1.29, 1.82) is 5.26 Å². The average molecular weight is 458 g/mol. The van der Waals surface area contributed by atoms with E-state index in [9.17, 15) is 10.1 Å². The van der Waals surface area contributed by atoms with E-state index in [0.717, 1.165) is 35.7 Å². The Bertz CT molecular complexity index is 1250. The van der Waals surface area contributed by atoms with Crippen LogP contribution in [0.2, 0.25) is 0 Å². The highest BCUT2D eigenvalue weighted by molar-refractivity contribution is 6.03. The van der Waals surface area contributed by atoms with Crippen LogP contribution < -0.4 is 5.32 Å². The number of aromatic nitrogens is 5. The van der Waals surface area contributed by atoms with Gasteiger partial charge in [0.1, 0.15) is 23.7 Å². The molecule has 34 heavy (non-hydrogen) atoms. The van der Waals surface area contributed by atoms with Gasteiger partial charge >= 0.3 is 0 Å². The third-order valence-corrected chi connectivity index (χ3v) is 6.35. The lowest BCUT2D eigenvalue weighted by Gasteiger charge is -2.35. The van der Waals surface area contributed by atoms with Crippen LogP contribution in [0.5, 0.6) is 0 Å². The predicted octanol–water partition coefficient (Wildman–Crippen LogP) is 4.48. The second kappa shape index (κ2) is 8.98. The highest BCUT2D eigenvalue weighted by Gasteiger charge is 2.36. The topological polar surface area (TPSA) is 109 Å². The predicted molar refractivity (Wildman–Crippen MR) is 129 cm³/mol. The molecule has 3 aromatic rings. The van der Waals surface area contributed by atoms with Crippen LogP contribution in [0.25, 0.3) is 0 Å². The van der Waals surface area contributed by atoms with Gasteiger partial charge in [-0.05, 0) is 63.8 Å². The summed E-state index contributed by atoms with van der Waals surface area (Å²) in [5.41, 5.74) is 1.95. The zero-order valence-electron chi connectivity index (χ0n) is 20.5. The molecular formula is C26H31N7O. The highest BCUT2D eigenvalue weighted by atomic mass is 16.1. The second-order valence-corrected chi connectivity index (χ2v) is 10.3. The average Bonchev–Trinajstić information content (AvgIpc) is 3.57. The molecule has 1 saturated carbocycles. The molecule has 0 saturated heterocycles. The second-order valence-electron chi connectivity index (χ2n) is 10.3. The first kappa shape index (κ1) is 23.6. The number of hydrogen-bond donors (Lipinski definition) is 1. The van der Waals surface area contributed by atoms with Crippen molar-refractivity contribution >= 4 is 11.6 Å². The third kappa shape index (κ3) is 5.30. The Hall–Kier alpha value is -3.60. The number of hydrogen-bond acceptors (Lipinski definition) is 6. The van der Waals surface area contributed by atoms with E-state index in [4.69, 9.17) is 0 Å². The largest absolute Gasteiger partial charge is 0.321 e. The standard InChI is InChI=1S/C26H31N7O/c1-17-11-21(31-23(29-17)18-9-10-18)24(34)30-20-8-6-7-19(12-20)26(4,14-25(2,3)15-27)13-22-32-28-16-33(22)5/h6-8,11-12,16,18H,9-10,13-14H2,1-5H3,(H,30,34)/t26-/m0/s1. The van der Waals surface area contributed by atoms with Gasteiger partial charge < -0.3 is 9.88 Å². The fourth-order valence-electron chi connectivity index (χ4n) is 4.50. The molecule has 1 fully saturated rings. The van der Waals surface area contributed by atoms with E-state index >= 15 is 0 Å². The molecule has 176 valence electrons. The fourth-order valence-corrected chi connectivity index (χ4v) is 4.50. The number of nitrogens with one attached hydrogen (secondary N) is 1. The first-order valence-corrected chi connectivity index (χ1v) is 11.6. The minimum absolute atomic E-state index is 0.253. The van der Waals surface area contributed by atoms with Crippen LogP contribution in [0.4, 0.5) is 5.69 Å². The molecule has 1 N–H and O–H groups in total. The summed E-state index contributed by atoms with van der Waals surface area (Å²) in [6.45, 7) is 7.92. The minimum Gasteiger partial charge on any atom is -0.321 e. The first-order valence-electron chi connectivity index (χ1n) is 11.6. The zero-order chi connectivity index (χ0) is 24.5. The number of nitrogens with zero attached hydrogens (tertiary/aromatic N) is 6. The van der Waals surface area contributed by atoms with E-state index in [1.54, 1.807) is 12.4 Å². The molecule has 8 nitrogen and oxygen atoms in total. The summed E-state index contributed by atoms with van der Waals surface area (Å²) < 4.78 is 1.90. The summed E-state index contributed by atoms with van der Waals surface area (Å²) in [5, 5.41) is 21.0. The molecule has 0 aliphatic heterocycles. The lowest BCUT2D eigenvalue weighted by atomic mass is 9.68. The Morgan fingerprint density at radius 1 is 1.24 bits per heavy atom. The summed E-state index contributed by atoms with van der Waals surface area (Å²) in [6.07, 6.45) is 5.07. The lowest BCUT2D eigenvalue weighted by Crippen LogP contribution is -2.32. The van der Waals surface area contributed by atoms with Crippen molar-refractivity contribution in [2.24, 2.45) is 12.5 Å². The van der Waals surface area contributed by atoms with Gasteiger partial charge in [0.15, 0.2) is 0 Å². The van der Waals surface area contributed by atoms with Crippen molar-refractivity contribution in [2.75, 3.05) is 5.32 Å². The molecule has 0 spiro atoms. The van der Waals surface area contributed by atoms with Crippen molar-refractivity contribution in [3.63, 3.8) is 0 Å². The summed E-state index contributed by atoms with van der Waals surface area (Å²) in [7, 11) is 1.92. The molecule has 8 heteroatoms. The van der Waals surface area contributed by atoms with Gasteiger partial charge in [0.25, 0.3) is 5.91 Å². The van der Waals surface area contributed by atoms with Gasteiger partial charge in [0, 0.05) is 36.2 Å². The summed E-state index contributed by atoms with van der Waals surface area (Å²) in [5.74, 6) is 1.72. The Morgan fingerprint density at radius 3 is 2.65 bits per heavy atom. The summed E-state index contributed by atoms with van der Waals surface area (Å²) >= 11 is 0. The number of amides is 1. The van der Waals surface area contributed by atoms with Gasteiger partial charge in [0.05, 0.1) is 11.5 Å². The molecule has 0 unspecified atom stereocenters. The van der Waals surface area contributed by atoms with Gasteiger partial charge in [-0.2, -0.15) is 5.26 Å². The van der Waals surface area contributed by atoms with Crippen molar-refractivity contribution in [3.05, 3.63) is 65.3 Å². The Balaban J connectivity index is 1.62. The van der Waals surface area contributed by atoms with E-state index < -0.39 is 10.8 Å². The fraction of sp³-hybridized carbons (Fsp3) is 0.462. The molecule has 2 heterocycles. The molecule has 1 aromatic carbocycles. The molecule has 0 bridgehead atoms. The Morgan fingerprint density at radius 2 is 2.00 bits per heavy atom. The number of nitriles is 1. The highest BCUT2D eigenvalue weighted by Crippen LogP contribution is 2.40. The van der Waals surface area contributed by atoms with Crippen molar-refractivity contribution < 1.29 is 4.79 Å². The van der Waals surface area contributed by atoms with Crippen LogP contribution in [0, 0.1) is 23.7 Å². The maximum atomic E-state index is 13.0. The zero-order valence-corrected chi connectivity index (χ0v) is 20.5. The minimum atomic E-state index is -0.537. The van der Waals surface area contributed by atoms with E-state index in [0.29, 0.717) is 30.1 Å². The molecule has 2 aromatic heterocycles. The van der Waals surface area contributed by atoms with E-state index in [1.165, 1.54) is 0 Å². The number of carbonyl (C=O) groups is 1. The van der Waals surface area contributed by atoms with Gasteiger partial charge in [-0.1, -0.05) is 19.1 Å². The van der Waals surface area contributed by atoms with Crippen LogP contribution in [0.1, 0.15) is 79.3 Å². The number of rotatable bonds is 8. The molecule has 1 aliphatic rings. The van der Waals surface area contributed by atoms with Gasteiger partial charge in [-0.15, -0.1) is 10.2 Å².